The van der Waals surface area contributed by atoms with Gasteiger partial charge in [-0.2, -0.15) is 0 Å². The minimum Gasteiger partial charge on any atom is -0.213 e. The van der Waals surface area contributed by atoms with E-state index in [4.69, 9.17) is 0 Å². The van der Waals surface area contributed by atoms with Crippen molar-refractivity contribution in [3.05, 3.63) is 0 Å². The summed E-state index contributed by atoms with van der Waals surface area (Å²) < 4.78 is 24.1. The Bertz CT molecular complexity index is 233. The monoisotopic (exact) mass is 177 g/mol. The molecular formula is C7H15NO2S. The third kappa shape index (κ3) is 2.79. The first-order chi connectivity index (χ1) is 4.90. The molecule has 1 fully saturated rings. The molecule has 1 rings (SSSR count). The van der Waals surface area contributed by atoms with Gasteiger partial charge in [-0.3, -0.25) is 0 Å². The molecule has 0 bridgehead atoms. The summed E-state index contributed by atoms with van der Waals surface area (Å²) in [6.45, 7) is 4.24. The zero-order chi connectivity index (χ0) is 8.65. The summed E-state index contributed by atoms with van der Waals surface area (Å²) in [5, 5.41) is 0. The van der Waals surface area contributed by atoms with Gasteiger partial charge in [-0.05, 0) is 18.3 Å². The number of rotatable bonds is 3. The molecule has 0 aromatic heterocycles. The molecular weight excluding hydrogens is 162 g/mol. The fourth-order valence-corrected chi connectivity index (χ4v) is 2.18. The van der Waals surface area contributed by atoms with E-state index in [1.54, 1.807) is 0 Å². The highest BCUT2D eigenvalue weighted by atomic mass is 32.2. The highest BCUT2D eigenvalue weighted by molar-refractivity contribution is 7.88. The van der Waals surface area contributed by atoms with Crippen molar-refractivity contribution in [2.45, 2.75) is 26.3 Å². The molecule has 11 heavy (non-hydrogen) atoms. The Morgan fingerprint density at radius 1 is 1.45 bits per heavy atom. The summed E-state index contributed by atoms with van der Waals surface area (Å²) in [6, 6.07) is 0.213. The van der Waals surface area contributed by atoms with Crippen molar-refractivity contribution >= 4 is 10.0 Å². The molecule has 66 valence electrons. The Balaban J connectivity index is 2.35. The van der Waals surface area contributed by atoms with Gasteiger partial charge in [-0.15, -0.1) is 0 Å². The fourth-order valence-electron chi connectivity index (χ4n) is 1.36. The van der Waals surface area contributed by atoms with Crippen LogP contribution in [0.1, 0.15) is 20.3 Å². The van der Waals surface area contributed by atoms with Crippen molar-refractivity contribution in [2.75, 3.05) is 6.26 Å². The minimum absolute atomic E-state index is 0.213. The van der Waals surface area contributed by atoms with Crippen LogP contribution in [0.15, 0.2) is 0 Å². The van der Waals surface area contributed by atoms with E-state index in [-0.39, 0.29) is 6.04 Å². The van der Waals surface area contributed by atoms with Crippen molar-refractivity contribution in [3.8, 4) is 0 Å². The summed E-state index contributed by atoms with van der Waals surface area (Å²) in [4.78, 5) is 0. The van der Waals surface area contributed by atoms with E-state index in [2.05, 4.69) is 18.6 Å². The first-order valence-electron chi connectivity index (χ1n) is 3.87. The van der Waals surface area contributed by atoms with Gasteiger partial charge in [0.1, 0.15) is 0 Å². The highest BCUT2D eigenvalue weighted by Gasteiger charge is 2.40. The zero-order valence-corrected chi connectivity index (χ0v) is 7.98. The normalized spacial score (nSPS) is 30.9. The molecule has 1 aliphatic rings. The van der Waals surface area contributed by atoms with Crippen LogP contribution in [0.25, 0.3) is 0 Å². The van der Waals surface area contributed by atoms with Crippen LogP contribution in [0.3, 0.4) is 0 Å². The van der Waals surface area contributed by atoms with Gasteiger partial charge in [0.05, 0.1) is 6.26 Å². The van der Waals surface area contributed by atoms with E-state index >= 15 is 0 Å². The van der Waals surface area contributed by atoms with Crippen molar-refractivity contribution in [1.82, 2.24) is 4.72 Å². The van der Waals surface area contributed by atoms with E-state index < -0.39 is 10.0 Å². The molecule has 1 saturated carbocycles. The predicted octanol–water partition coefficient (Wildman–Crippen LogP) is 0.580. The minimum atomic E-state index is -2.98. The number of hydrogen-bond acceptors (Lipinski definition) is 2. The fraction of sp³-hybridized carbons (Fsp3) is 1.00. The molecule has 0 spiro atoms. The molecule has 1 aliphatic carbocycles. The number of nitrogens with one attached hydrogen (secondary N) is 1. The Morgan fingerprint density at radius 2 is 2.00 bits per heavy atom. The van der Waals surface area contributed by atoms with Gasteiger partial charge in [-0.1, -0.05) is 13.8 Å². The maximum Gasteiger partial charge on any atom is 0.208 e. The van der Waals surface area contributed by atoms with Crippen LogP contribution < -0.4 is 4.72 Å². The van der Waals surface area contributed by atoms with Crippen LogP contribution in [-0.4, -0.2) is 20.7 Å². The highest BCUT2D eigenvalue weighted by Crippen LogP contribution is 2.37. The van der Waals surface area contributed by atoms with Crippen LogP contribution in [0.2, 0.25) is 0 Å². The molecule has 2 atom stereocenters. The third-order valence-electron chi connectivity index (χ3n) is 2.06. The van der Waals surface area contributed by atoms with Crippen LogP contribution >= 0.6 is 0 Å². The SMILES string of the molecule is CC(C)C1CC1NS(C)(=O)=O. The van der Waals surface area contributed by atoms with Crippen molar-refractivity contribution < 1.29 is 8.42 Å². The van der Waals surface area contributed by atoms with Gasteiger partial charge < -0.3 is 0 Å². The standard InChI is InChI=1S/C7H15NO2S/c1-5(2)6-4-7(6)8-11(3,9)10/h5-8H,4H2,1-3H3. The Labute approximate surface area is 68.2 Å². The van der Waals surface area contributed by atoms with Gasteiger partial charge in [0.15, 0.2) is 0 Å². The van der Waals surface area contributed by atoms with Crippen LogP contribution in [0.5, 0.6) is 0 Å². The number of hydrogen-bond donors (Lipinski definition) is 1. The lowest BCUT2D eigenvalue weighted by Gasteiger charge is -2.02. The first kappa shape index (κ1) is 9.00. The van der Waals surface area contributed by atoms with Gasteiger partial charge in [0.25, 0.3) is 0 Å². The second-order valence-electron chi connectivity index (χ2n) is 3.64. The molecule has 0 heterocycles. The average molecular weight is 177 g/mol. The second kappa shape index (κ2) is 2.75. The van der Waals surface area contributed by atoms with Crippen molar-refractivity contribution in [1.29, 1.82) is 0 Å². The molecule has 1 N–H and O–H groups in total. The van der Waals surface area contributed by atoms with E-state index in [0.29, 0.717) is 11.8 Å². The van der Waals surface area contributed by atoms with Crippen molar-refractivity contribution in [3.63, 3.8) is 0 Å². The summed E-state index contributed by atoms with van der Waals surface area (Å²) >= 11 is 0. The lowest BCUT2D eigenvalue weighted by atomic mass is 10.1. The van der Waals surface area contributed by atoms with Crippen LogP contribution in [0.4, 0.5) is 0 Å². The quantitative estimate of drug-likeness (QED) is 0.685. The maximum atomic E-state index is 10.7. The lowest BCUT2D eigenvalue weighted by Crippen LogP contribution is -2.26. The Hall–Kier alpha value is -0.0900. The largest absolute Gasteiger partial charge is 0.213 e. The molecule has 2 unspecified atom stereocenters. The van der Waals surface area contributed by atoms with E-state index in [0.717, 1.165) is 6.42 Å². The molecule has 0 aliphatic heterocycles. The van der Waals surface area contributed by atoms with E-state index in [1.807, 2.05) is 0 Å². The molecule has 0 saturated heterocycles. The van der Waals surface area contributed by atoms with Gasteiger partial charge in [-0.25, -0.2) is 13.1 Å². The van der Waals surface area contributed by atoms with Gasteiger partial charge in [0.2, 0.25) is 10.0 Å². The molecule has 4 heteroatoms. The summed E-state index contributed by atoms with van der Waals surface area (Å²) in [5.74, 6) is 1.15. The van der Waals surface area contributed by atoms with Crippen LogP contribution in [-0.2, 0) is 10.0 Å². The average Bonchev–Trinajstić information content (AvgIpc) is 2.40. The molecule has 0 amide bonds. The van der Waals surface area contributed by atoms with E-state index in [1.165, 1.54) is 6.26 Å². The van der Waals surface area contributed by atoms with Crippen molar-refractivity contribution in [2.24, 2.45) is 11.8 Å². The smallest absolute Gasteiger partial charge is 0.208 e. The first-order valence-corrected chi connectivity index (χ1v) is 5.76. The van der Waals surface area contributed by atoms with E-state index in [9.17, 15) is 8.42 Å². The molecule has 3 nitrogen and oxygen atoms in total. The second-order valence-corrected chi connectivity index (χ2v) is 5.42. The molecule has 0 radical (unpaired) electrons. The van der Waals surface area contributed by atoms with Gasteiger partial charge >= 0.3 is 0 Å². The Morgan fingerprint density at radius 3 is 2.27 bits per heavy atom. The topological polar surface area (TPSA) is 46.2 Å². The summed E-state index contributed by atoms with van der Waals surface area (Å²) in [7, 11) is -2.98. The maximum absolute atomic E-state index is 10.7. The summed E-state index contributed by atoms with van der Waals surface area (Å²) in [5.41, 5.74) is 0. The third-order valence-corrected chi connectivity index (χ3v) is 2.79. The van der Waals surface area contributed by atoms with Crippen LogP contribution in [0, 0.1) is 11.8 Å². The Kier molecular flexibility index (Phi) is 2.25. The molecule has 0 aromatic carbocycles. The van der Waals surface area contributed by atoms with Gasteiger partial charge in [0, 0.05) is 6.04 Å². The zero-order valence-electron chi connectivity index (χ0n) is 7.16. The lowest BCUT2D eigenvalue weighted by molar-refractivity contribution is 0.530. The molecule has 0 aromatic rings. The summed E-state index contributed by atoms with van der Waals surface area (Å²) in [6.07, 6.45) is 2.22. The predicted molar refractivity (Wildman–Crippen MR) is 44.7 cm³/mol. The number of sulfonamides is 1.